The first-order chi connectivity index (χ1) is 7.99. The molecule has 0 amide bonds. The summed E-state index contributed by atoms with van der Waals surface area (Å²) in [6.07, 6.45) is 0. The van der Waals surface area contributed by atoms with Crippen LogP contribution in [-0.4, -0.2) is 25.3 Å². The number of morpholine rings is 1. The second-order valence-corrected chi connectivity index (χ2v) is 5.38. The van der Waals surface area contributed by atoms with Crippen LogP contribution >= 0.6 is 0 Å². The third-order valence-electron chi connectivity index (χ3n) is 3.19. The van der Waals surface area contributed by atoms with E-state index in [2.05, 4.69) is 36.9 Å². The molecular formula is C14H22N2O. The Kier molecular flexibility index (Phi) is 3.40. The van der Waals surface area contributed by atoms with E-state index < -0.39 is 0 Å². The molecule has 3 heteroatoms. The molecule has 1 aliphatic heterocycles. The molecule has 2 rings (SSSR count). The van der Waals surface area contributed by atoms with Crippen LogP contribution in [0.2, 0.25) is 0 Å². The SMILES string of the molecule is C[C@H](N)c1ccccc1N1CCOC(C)(C)C1. The highest BCUT2D eigenvalue weighted by Crippen LogP contribution is 2.28. The van der Waals surface area contributed by atoms with E-state index in [0.29, 0.717) is 0 Å². The van der Waals surface area contributed by atoms with Gasteiger partial charge in [0.05, 0.1) is 12.2 Å². The van der Waals surface area contributed by atoms with Crippen LogP contribution < -0.4 is 10.6 Å². The number of hydrogen-bond donors (Lipinski definition) is 1. The van der Waals surface area contributed by atoms with Gasteiger partial charge in [0.1, 0.15) is 0 Å². The first-order valence-corrected chi connectivity index (χ1v) is 6.23. The number of anilines is 1. The van der Waals surface area contributed by atoms with E-state index in [1.165, 1.54) is 11.3 Å². The molecule has 0 saturated carbocycles. The van der Waals surface area contributed by atoms with E-state index in [4.69, 9.17) is 10.5 Å². The molecule has 1 aromatic rings. The molecule has 2 N–H and O–H groups in total. The number of nitrogens with two attached hydrogens (primary N) is 1. The molecule has 1 heterocycles. The van der Waals surface area contributed by atoms with Crippen molar-refractivity contribution in [3.8, 4) is 0 Å². The van der Waals surface area contributed by atoms with E-state index in [-0.39, 0.29) is 11.6 Å². The number of nitrogens with zero attached hydrogens (tertiary/aromatic N) is 1. The van der Waals surface area contributed by atoms with Crippen LogP contribution in [0.25, 0.3) is 0 Å². The first-order valence-electron chi connectivity index (χ1n) is 6.23. The molecule has 1 aromatic carbocycles. The van der Waals surface area contributed by atoms with Gasteiger partial charge in [0.2, 0.25) is 0 Å². The number of rotatable bonds is 2. The number of ether oxygens (including phenoxy) is 1. The summed E-state index contributed by atoms with van der Waals surface area (Å²) < 4.78 is 5.74. The van der Waals surface area contributed by atoms with Crippen molar-refractivity contribution >= 4 is 5.69 Å². The van der Waals surface area contributed by atoms with Gasteiger partial charge in [0.15, 0.2) is 0 Å². The highest BCUT2D eigenvalue weighted by atomic mass is 16.5. The minimum absolute atomic E-state index is 0.0668. The number of hydrogen-bond acceptors (Lipinski definition) is 3. The molecule has 0 radical (unpaired) electrons. The van der Waals surface area contributed by atoms with Crippen molar-refractivity contribution in [1.29, 1.82) is 0 Å². The smallest absolute Gasteiger partial charge is 0.0801 e. The molecule has 0 aromatic heterocycles. The molecule has 17 heavy (non-hydrogen) atoms. The molecule has 0 spiro atoms. The van der Waals surface area contributed by atoms with Gasteiger partial charge in [0.25, 0.3) is 0 Å². The van der Waals surface area contributed by atoms with E-state index in [9.17, 15) is 0 Å². The molecular weight excluding hydrogens is 212 g/mol. The zero-order chi connectivity index (χ0) is 12.5. The van der Waals surface area contributed by atoms with Crippen LogP contribution in [0.4, 0.5) is 5.69 Å². The molecule has 1 aliphatic rings. The van der Waals surface area contributed by atoms with Crippen LogP contribution in [0, 0.1) is 0 Å². The van der Waals surface area contributed by atoms with Crippen molar-refractivity contribution in [1.82, 2.24) is 0 Å². The van der Waals surface area contributed by atoms with Crippen LogP contribution in [0.1, 0.15) is 32.4 Å². The molecule has 1 atom stereocenters. The molecule has 3 nitrogen and oxygen atoms in total. The van der Waals surface area contributed by atoms with Crippen LogP contribution in [-0.2, 0) is 4.74 Å². The van der Waals surface area contributed by atoms with Crippen molar-refractivity contribution in [3.63, 3.8) is 0 Å². The summed E-state index contributed by atoms with van der Waals surface area (Å²) in [6.45, 7) is 8.93. The lowest BCUT2D eigenvalue weighted by molar-refractivity contribution is -0.0277. The maximum absolute atomic E-state index is 6.03. The Bertz CT molecular complexity index is 388. The predicted octanol–water partition coefficient (Wildman–Crippen LogP) is 2.32. The fourth-order valence-electron chi connectivity index (χ4n) is 2.38. The lowest BCUT2D eigenvalue weighted by Gasteiger charge is -2.40. The third-order valence-corrected chi connectivity index (χ3v) is 3.19. The quantitative estimate of drug-likeness (QED) is 0.853. The van der Waals surface area contributed by atoms with Gasteiger partial charge in [-0.15, -0.1) is 0 Å². The van der Waals surface area contributed by atoms with Crippen LogP contribution in [0.3, 0.4) is 0 Å². The predicted molar refractivity (Wildman–Crippen MR) is 71.3 cm³/mol. The van der Waals surface area contributed by atoms with Gasteiger partial charge in [-0.05, 0) is 32.4 Å². The largest absolute Gasteiger partial charge is 0.372 e. The second-order valence-electron chi connectivity index (χ2n) is 5.38. The van der Waals surface area contributed by atoms with Crippen molar-refractivity contribution < 1.29 is 4.74 Å². The Morgan fingerprint density at radius 2 is 2.06 bits per heavy atom. The van der Waals surface area contributed by atoms with E-state index in [0.717, 1.165) is 19.7 Å². The van der Waals surface area contributed by atoms with Crippen molar-refractivity contribution in [2.45, 2.75) is 32.4 Å². The second kappa shape index (κ2) is 4.67. The summed E-state index contributed by atoms with van der Waals surface area (Å²) in [5, 5.41) is 0. The maximum Gasteiger partial charge on any atom is 0.0801 e. The summed E-state index contributed by atoms with van der Waals surface area (Å²) in [6, 6.07) is 8.46. The van der Waals surface area contributed by atoms with Crippen LogP contribution in [0.15, 0.2) is 24.3 Å². The minimum atomic E-state index is -0.0802. The lowest BCUT2D eigenvalue weighted by Crippen LogP contribution is -2.48. The summed E-state index contributed by atoms with van der Waals surface area (Å²) >= 11 is 0. The van der Waals surface area contributed by atoms with Crippen LogP contribution in [0.5, 0.6) is 0 Å². The van der Waals surface area contributed by atoms with Gasteiger partial charge in [-0.3, -0.25) is 0 Å². The van der Waals surface area contributed by atoms with Crippen molar-refractivity contribution in [3.05, 3.63) is 29.8 Å². The summed E-state index contributed by atoms with van der Waals surface area (Å²) in [7, 11) is 0. The number of para-hydroxylation sites is 1. The van der Waals surface area contributed by atoms with E-state index in [1.807, 2.05) is 13.0 Å². The average molecular weight is 234 g/mol. The van der Waals surface area contributed by atoms with Gasteiger partial charge < -0.3 is 15.4 Å². The molecule has 1 saturated heterocycles. The summed E-state index contributed by atoms with van der Waals surface area (Å²) in [5.74, 6) is 0. The molecule has 0 aliphatic carbocycles. The van der Waals surface area contributed by atoms with Gasteiger partial charge >= 0.3 is 0 Å². The van der Waals surface area contributed by atoms with Gasteiger partial charge in [-0.2, -0.15) is 0 Å². The fraction of sp³-hybridized carbons (Fsp3) is 0.571. The zero-order valence-corrected chi connectivity index (χ0v) is 10.9. The van der Waals surface area contributed by atoms with Crippen molar-refractivity contribution in [2.75, 3.05) is 24.6 Å². The van der Waals surface area contributed by atoms with E-state index in [1.54, 1.807) is 0 Å². The lowest BCUT2D eigenvalue weighted by atomic mass is 10.0. The highest BCUT2D eigenvalue weighted by Gasteiger charge is 2.28. The molecule has 0 bridgehead atoms. The molecule has 0 unspecified atom stereocenters. The molecule has 94 valence electrons. The highest BCUT2D eigenvalue weighted by molar-refractivity contribution is 5.55. The Hall–Kier alpha value is -1.06. The number of benzene rings is 1. The monoisotopic (exact) mass is 234 g/mol. The topological polar surface area (TPSA) is 38.5 Å². The third kappa shape index (κ3) is 2.79. The fourth-order valence-corrected chi connectivity index (χ4v) is 2.38. The van der Waals surface area contributed by atoms with Gasteiger partial charge in [-0.1, -0.05) is 18.2 Å². The average Bonchev–Trinajstić information content (AvgIpc) is 2.27. The van der Waals surface area contributed by atoms with E-state index >= 15 is 0 Å². The summed E-state index contributed by atoms with van der Waals surface area (Å²) in [5.41, 5.74) is 8.41. The Labute approximate surface area is 104 Å². The van der Waals surface area contributed by atoms with Gasteiger partial charge in [-0.25, -0.2) is 0 Å². The van der Waals surface area contributed by atoms with Gasteiger partial charge in [0, 0.05) is 24.8 Å². The minimum Gasteiger partial charge on any atom is -0.372 e. The Balaban J connectivity index is 2.27. The molecule has 1 fully saturated rings. The Morgan fingerprint density at radius 1 is 1.35 bits per heavy atom. The standard InChI is InChI=1S/C14H22N2O/c1-11(15)12-6-4-5-7-13(12)16-8-9-17-14(2,3)10-16/h4-7,11H,8-10,15H2,1-3H3/t11-/m0/s1. The first kappa shape index (κ1) is 12.4. The maximum atomic E-state index is 6.03. The summed E-state index contributed by atoms with van der Waals surface area (Å²) in [4.78, 5) is 2.38. The Morgan fingerprint density at radius 3 is 2.71 bits per heavy atom. The zero-order valence-electron chi connectivity index (χ0n) is 10.9. The normalized spacial score (nSPS) is 21.3. The van der Waals surface area contributed by atoms with Crippen molar-refractivity contribution in [2.24, 2.45) is 5.73 Å².